The average Bonchev–Trinajstić information content (AvgIpc) is 3.30. The van der Waals surface area contributed by atoms with Gasteiger partial charge in [-0.25, -0.2) is 0 Å². The molecule has 0 aliphatic rings. The summed E-state index contributed by atoms with van der Waals surface area (Å²) in [6, 6.07) is 0. The van der Waals surface area contributed by atoms with Crippen LogP contribution in [0.1, 0.15) is 259 Å². The Bertz CT molecular complexity index is 1110. The van der Waals surface area contributed by atoms with Gasteiger partial charge in [0.2, 0.25) is 0 Å². The predicted octanol–water partition coefficient (Wildman–Crippen LogP) is 18.1. The molecule has 0 aliphatic carbocycles. The van der Waals surface area contributed by atoms with E-state index in [1.807, 2.05) is 6.92 Å². The van der Waals surface area contributed by atoms with Crippen LogP contribution in [0.3, 0.4) is 0 Å². The number of carbonyl (C=O) groups is 3. The Hall–Kier alpha value is -3.15. The Morgan fingerprint density at radius 1 is 0.308 bits per heavy atom. The van der Waals surface area contributed by atoms with Gasteiger partial charge in [-0.3, -0.25) is 14.4 Å². The Kier molecular flexibility index (Phi) is 47.8. The number of hydrogen-bond acceptors (Lipinski definition) is 6. The zero-order valence-electron chi connectivity index (χ0n) is 43.0. The maximum absolute atomic E-state index is 12.8. The average molecular weight is 907 g/mol. The van der Waals surface area contributed by atoms with Crippen molar-refractivity contribution in [3.05, 3.63) is 72.9 Å². The Morgan fingerprint density at radius 2 is 0.523 bits per heavy atom. The largest absolute Gasteiger partial charge is 0.465 e. The van der Waals surface area contributed by atoms with Gasteiger partial charge in [0.25, 0.3) is 0 Å². The summed E-state index contributed by atoms with van der Waals surface area (Å²) in [6.07, 6.45) is 65.6. The van der Waals surface area contributed by atoms with Crippen molar-refractivity contribution in [2.45, 2.75) is 259 Å². The van der Waals surface area contributed by atoms with Crippen LogP contribution in [0, 0.1) is 5.41 Å². The molecule has 374 valence electrons. The number of unbranched alkanes of at least 4 members (excludes halogenated alkanes) is 24. The number of hydrogen-bond donors (Lipinski definition) is 0. The molecule has 0 saturated carbocycles. The van der Waals surface area contributed by atoms with Crippen LogP contribution in [-0.2, 0) is 28.6 Å². The van der Waals surface area contributed by atoms with E-state index in [0.29, 0.717) is 19.3 Å². The molecular formula is C59H102O6. The van der Waals surface area contributed by atoms with Crippen molar-refractivity contribution < 1.29 is 28.6 Å². The fourth-order valence-electron chi connectivity index (χ4n) is 7.35. The molecule has 0 radical (unpaired) electrons. The molecule has 0 bridgehead atoms. The normalized spacial score (nSPS) is 12.4. The lowest BCUT2D eigenvalue weighted by Gasteiger charge is -2.28. The molecular weight excluding hydrogens is 805 g/mol. The fraction of sp³-hybridized carbons (Fsp3) is 0.746. The van der Waals surface area contributed by atoms with E-state index in [-0.39, 0.29) is 37.7 Å². The van der Waals surface area contributed by atoms with Crippen LogP contribution in [0.4, 0.5) is 0 Å². The molecule has 0 aliphatic heterocycles. The van der Waals surface area contributed by atoms with E-state index in [2.05, 4.69) is 93.7 Å². The molecule has 65 heavy (non-hydrogen) atoms. The van der Waals surface area contributed by atoms with Crippen molar-refractivity contribution in [2.75, 3.05) is 19.8 Å². The van der Waals surface area contributed by atoms with Crippen LogP contribution in [0.2, 0.25) is 0 Å². The third-order valence-corrected chi connectivity index (χ3v) is 11.7. The molecule has 0 N–H and O–H groups in total. The monoisotopic (exact) mass is 907 g/mol. The van der Waals surface area contributed by atoms with E-state index >= 15 is 0 Å². The highest BCUT2D eigenvalue weighted by atomic mass is 16.6. The minimum absolute atomic E-state index is 0.0417. The van der Waals surface area contributed by atoms with Crippen molar-refractivity contribution >= 4 is 17.9 Å². The number of ether oxygens (including phenoxy) is 3. The molecule has 0 fully saturated rings. The van der Waals surface area contributed by atoms with Gasteiger partial charge in [-0.1, -0.05) is 190 Å². The summed E-state index contributed by atoms with van der Waals surface area (Å²) in [5.41, 5.74) is -0.809. The molecule has 6 heteroatoms. The number of esters is 3. The van der Waals surface area contributed by atoms with Crippen LogP contribution < -0.4 is 0 Å². The maximum atomic E-state index is 12.8. The lowest BCUT2D eigenvalue weighted by atomic mass is 9.94. The molecule has 0 aromatic heterocycles. The third-order valence-electron chi connectivity index (χ3n) is 11.7. The van der Waals surface area contributed by atoms with Crippen molar-refractivity contribution in [3.8, 4) is 0 Å². The topological polar surface area (TPSA) is 78.9 Å². The molecule has 0 amide bonds. The van der Waals surface area contributed by atoms with E-state index in [1.54, 1.807) is 0 Å². The maximum Gasteiger partial charge on any atom is 0.305 e. The lowest BCUT2D eigenvalue weighted by Crippen LogP contribution is -2.37. The van der Waals surface area contributed by atoms with E-state index < -0.39 is 5.41 Å². The van der Waals surface area contributed by atoms with Crippen LogP contribution in [-0.4, -0.2) is 37.7 Å². The molecule has 0 aromatic rings. The second kappa shape index (κ2) is 50.3. The van der Waals surface area contributed by atoms with Crippen LogP contribution in [0.25, 0.3) is 0 Å². The van der Waals surface area contributed by atoms with Gasteiger partial charge in [-0.2, -0.15) is 0 Å². The van der Waals surface area contributed by atoms with Gasteiger partial charge in [0.05, 0.1) is 5.41 Å². The summed E-state index contributed by atoms with van der Waals surface area (Å²) < 4.78 is 17.2. The molecule has 0 aromatic carbocycles. The minimum atomic E-state index is -0.809. The highest BCUT2D eigenvalue weighted by molar-refractivity contribution is 5.70. The van der Waals surface area contributed by atoms with E-state index in [4.69, 9.17) is 14.2 Å². The summed E-state index contributed by atoms with van der Waals surface area (Å²) >= 11 is 0. The van der Waals surface area contributed by atoms with Crippen molar-refractivity contribution in [1.82, 2.24) is 0 Å². The first-order chi connectivity index (χ1) is 31.9. The van der Waals surface area contributed by atoms with Crippen molar-refractivity contribution in [3.63, 3.8) is 0 Å². The van der Waals surface area contributed by atoms with E-state index in [9.17, 15) is 14.4 Å². The van der Waals surface area contributed by atoms with Gasteiger partial charge in [0.15, 0.2) is 0 Å². The van der Waals surface area contributed by atoms with E-state index in [0.717, 1.165) is 116 Å². The number of allylic oxidation sites excluding steroid dienone is 12. The SMILES string of the molecule is CCCCC/C=C\C/C=C\CCCCCCCC(=O)OCC(C)(COC(=O)CCCCCCC/C=C\C/C=C\CCCCC)COC(=O)CCCCCCC/C=C\C/C=C\CCCCC. The molecule has 0 rings (SSSR count). The van der Waals surface area contributed by atoms with Gasteiger partial charge >= 0.3 is 17.9 Å². The second-order valence-corrected chi connectivity index (χ2v) is 18.7. The van der Waals surface area contributed by atoms with Crippen LogP contribution >= 0.6 is 0 Å². The Morgan fingerprint density at radius 3 is 0.769 bits per heavy atom. The molecule has 0 atom stereocenters. The van der Waals surface area contributed by atoms with Gasteiger partial charge in [-0.05, 0) is 122 Å². The van der Waals surface area contributed by atoms with Crippen LogP contribution in [0.15, 0.2) is 72.9 Å². The van der Waals surface area contributed by atoms with Gasteiger partial charge < -0.3 is 14.2 Å². The molecule has 0 heterocycles. The zero-order chi connectivity index (χ0) is 47.4. The highest BCUT2D eigenvalue weighted by Gasteiger charge is 2.30. The summed E-state index contributed by atoms with van der Waals surface area (Å²) in [4.78, 5) is 38.3. The Labute approximate surface area is 402 Å². The van der Waals surface area contributed by atoms with Gasteiger partial charge in [0.1, 0.15) is 19.8 Å². The lowest BCUT2D eigenvalue weighted by molar-refractivity contribution is -0.160. The fourth-order valence-corrected chi connectivity index (χ4v) is 7.35. The van der Waals surface area contributed by atoms with Crippen LogP contribution in [0.5, 0.6) is 0 Å². The number of rotatable bonds is 48. The summed E-state index contributed by atoms with van der Waals surface area (Å²) in [5.74, 6) is -0.764. The Balaban J connectivity index is 4.57. The molecule has 0 unspecified atom stereocenters. The highest BCUT2D eigenvalue weighted by Crippen LogP contribution is 2.21. The van der Waals surface area contributed by atoms with Gasteiger partial charge in [-0.15, -0.1) is 0 Å². The van der Waals surface area contributed by atoms with Crippen molar-refractivity contribution in [2.24, 2.45) is 5.41 Å². The zero-order valence-corrected chi connectivity index (χ0v) is 43.0. The third kappa shape index (κ3) is 48.6. The minimum Gasteiger partial charge on any atom is -0.465 e. The molecule has 0 spiro atoms. The van der Waals surface area contributed by atoms with Crippen molar-refractivity contribution in [1.29, 1.82) is 0 Å². The summed E-state index contributed by atoms with van der Waals surface area (Å²) in [5, 5.41) is 0. The number of carbonyl (C=O) groups excluding carboxylic acids is 3. The molecule has 6 nitrogen and oxygen atoms in total. The quantitative estimate of drug-likeness (QED) is 0.0262. The first-order valence-electron chi connectivity index (χ1n) is 27.2. The summed E-state index contributed by atoms with van der Waals surface area (Å²) in [6.45, 7) is 8.71. The molecule has 0 saturated heterocycles. The van der Waals surface area contributed by atoms with Gasteiger partial charge in [0, 0.05) is 19.3 Å². The van der Waals surface area contributed by atoms with E-state index in [1.165, 1.54) is 96.3 Å². The first-order valence-corrected chi connectivity index (χ1v) is 27.2. The second-order valence-electron chi connectivity index (χ2n) is 18.7. The smallest absolute Gasteiger partial charge is 0.305 e. The summed E-state index contributed by atoms with van der Waals surface area (Å²) in [7, 11) is 0. The standard InChI is InChI=1S/C59H102O6/c1-5-8-11-14-17-20-23-26-29-32-35-38-41-44-47-50-56(60)63-53-59(4,54-64-57(61)51-48-45-42-39-36-33-30-27-24-21-18-15-12-9-6-2)55-65-58(62)52-49-46-43-40-37-34-31-28-25-22-19-16-13-10-7-3/h17-22,26-31H,5-16,23-25,32-55H2,1-4H3/b20-17-,21-18-,22-19-,29-26-,30-27-,31-28-. The predicted molar refractivity (Wildman–Crippen MR) is 279 cm³/mol. The first kappa shape index (κ1) is 61.9.